The molecule has 1 aliphatic rings. The molecule has 4 aromatic rings. The fourth-order valence-electron chi connectivity index (χ4n) is 4.06. The van der Waals surface area contributed by atoms with Gasteiger partial charge in [0.1, 0.15) is 10.9 Å². The van der Waals surface area contributed by atoms with Gasteiger partial charge in [0.2, 0.25) is 0 Å². The second kappa shape index (κ2) is 8.76. The molecule has 0 radical (unpaired) electrons. The third-order valence-corrected chi connectivity index (χ3v) is 7.86. The summed E-state index contributed by atoms with van der Waals surface area (Å²) in [5, 5.41) is 1.15. The number of aromatic nitrogens is 1. The van der Waals surface area contributed by atoms with Crippen LogP contribution in [-0.2, 0) is 10.0 Å². The summed E-state index contributed by atoms with van der Waals surface area (Å²) in [6, 6.07) is 22.8. The number of nitrogens with zero attached hydrogens (tertiary/aromatic N) is 2. The van der Waals surface area contributed by atoms with E-state index in [0.29, 0.717) is 17.0 Å². The van der Waals surface area contributed by atoms with Crippen LogP contribution in [0.5, 0.6) is 5.75 Å². The van der Waals surface area contributed by atoms with Gasteiger partial charge in [-0.3, -0.25) is 0 Å². The van der Waals surface area contributed by atoms with Gasteiger partial charge in [-0.1, -0.05) is 48.0 Å². The summed E-state index contributed by atoms with van der Waals surface area (Å²) in [6.45, 7) is 1.97. The highest BCUT2D eigenvalue weighted by Crippen LogP contribution is 2.39. The lowest BCUT2D eigenvalue weighted by Crippen LogP contribution is -2.39. The van der Waals surface area contributed by atoms with Gasteiger partial charge < -0.3 is 10.2 Å². The number of hydrazine groups is 1. The van der Waals surface area contributed by atoms with Gasteiger partial charge in [0, 0.05) is 10.9 Å². The highest BCUT2D eigenvalue weighted by Gasteiger charge is 2.38. The first-order chi connectivity index (χ1) is 16.4. The van der Waals surface area contributed by atoms with Crippen LogP contribution in [0.15, 0.2) is 89.8 Å². The van der Waals surface area contributed by atoms with Crippen molar-refractivity contribution in [3.63, 3.8) is 0 Å². The first-order valence-corrected chi connectivity index (χ1v) is 12.5. The molecule has 0 spiro atoms. The number of hydrogen-bond donors (Lipinski definition) is 1. The fourth-order valence-corrected chi connectivity index (χ4v) is 5.73. The minimum absolute atomic E-state index is 0.178. The lowest BCUT2D eigenvalue weighted by atomic mass is 10.0. The number of halogens is 1. The normalized spacial score (nSPS) is 16.3. The molecule has 1 aliphatic heterocycles. The number of hydrogen-bond acceptors (Lipinski definition) is 5. The van der Waals surface area contributed by atoms with E-state index in [1.807, 2.05) is 61.5 Å². The van der Waals surface area contributed by atoms with Crippen LogP contribution in [0.1, 0.15) is 22.7 Å². The molecule has 1 atom stereocenters. The first-order valence-electron chi connectivity index (χ1n) is 10.7. The lowest BCUT2D eigenvalue weighted by molar-refractivity contribution is 0.348. The Bertz CT molecular complexity index is 1500. The third-order valence-electron chi connectivity index (χ3n) is 5.86. The maximum absolute atomic E-state index is 13.7. The maximum atomic E-state index is 13.7. The topological polar surface area (TPSA) is 71.5 Å². The molecule has 0 saturated heterocycles. The zero-order valence-electron chi connectivity index (χ0n) is 18.6. The molecule has 0 unspecified atom stereocenters. The Hall–Kier alpha value is -3.39. The molecular weight excluding hydrogens is 470 g/mol. The lowest BCUT2D eigenvalue weighted by Gasteiger charge is -2.25. The van der Waals surface area contributed by atoms with Gasteiger partial charge in [-0.25, -0.2) is 13.4 Å². The molecule has 0 bridgehead atoms. The zero-order valence-corrected chi connectivity index (χ0v) is 20.1. The SMILES string of the molecule is COc1ccc(C2=C[C@@H](c3cc4cccc(C)c4nc3Cl)N(S(=O)(=O)c3ccccc3)N2)cc1. The van der Waals surface area contributed by atoms with E-state index in [4.69, 9.17) is 16.3 Å². The van der Waals surface area contributed by atoms with E-state index in [2.05, 4.69) is 10.4 Å². The molecule has 6 nitrogen and oxygen atoms in total. The van der Waals surface area contributed by atoms with Crippen molar-refractivity contribution in [2.24, 2.45) is 0 Å². The fraction of sp³-hybridized carbons (Fsp3) is 0.115. The highest BCUT2D eigenvalue weighted by molar-refractivity contribution is 7.89. The number of benzene rings is 3. The molecule has 1 aromatic heterocycles. The average molecular weight is 492 g/mol. The quantitative estimate of drug-likeness (QED) is 0.373. The highest BCUT2D eigenvalue weighted by atomic mass is 35.5. The van der Waals surface area contributed by atoms with Crippen molar-refractivity contribution < 1.29 is 13.2 Å². The molecule has 0 amide bonds. The van der Waals surface area contributed by atoms with Crippen LogP contribution >= 0.6 is 11.6 Å². The van der Waals surface area contributed by atoms with E-state index >= 15 is 0 Å². The molecule has 0 aliphatic carbocycles. The monoisotopic (exact) mass is 491 g/mol. The minimum Gasteiger partial charge on any atom is -0.497 e. The summed E-state index contributed by atoms with van der Waals surface area (Å²) in [7, 11) is -2.31. The molecule has 5 rings (SSSR count). The number of methoxy groups -OCH3 is 1. The van der Waals surface area contributed by atoms with Gasteiger partial charge in [0.05, 0.1) is 29.3 Å². The third kappa shape index (κ3) is 3.92. The number of aryl methyl sites for hydroxylation is 1. The second-order valence-electron chi connectivity index (χ2n) is 7.99. The predicted octanol–water partition coefficient (Wildman–Crippen LogP) is 5.50. The van der Waals surface area contributed by atoms with E-state index < -0.39 is 16.1 Å². The van der Waals surface area contributed by atoms with E-state index in [1.54, 1.807) is 37.4 Å². The molecule has 0 fully saturated rings. The predicted molar refractivity (Wildman–Crippen MR) is 134 cm³/mol. The molecule has 2 heterocycles. The summed E-state index contributed by atoms with van der Waals surface area (Å²) in [5.74, 6) is 0.713. The van der Waals surface area contributed by atoms with Crippen molar-refractivity contribution >= 4 is 38.2 Å². The van der Waals surface area contributed by atoms with E-state index in [-0.39, 0.29) is 10.0 Å². The molecule has 3 aromatic carbocycles. The molecule has 8 heteroatoms. The first kappa shape index (κ1) is 22.4. The molecule has 172 valence electrons. The van der Waals surface area contributed by atoms with E-state index in [9.17, 15) is 8.42 Å². The van der Waals surface area contributed by atoms with Crippen LogP contribution in [0.25, 0.3) is 16.6 Å². The van der Waals surface area contributed by atoms with Crippen molar-refractivity contribution in [1.82, 2.24) is 14.8 Å². The Balaban J connectivity index is 1.66. The van der Waals surface area contributed by atoms with Crippen molar-refractivity contribution in [3.8, 4) is 5.75 Å². The zero-order chi connectivity index (χ0) is 23.9. The summed E-state index contributed by atoms with van der Waals surface area (Å²) < 4.78 is 33.8. The van der Waals surface area contributed by atoms with Gasteiger partial charge in [-0.05, 0) is 66.6 Å². The van der Waals surface area contributed by atoms with E-state index in [0.717, 1.165) is 22.0 Å². The molecular formula is C26H22ClN3O3S. The molecule has 1 N–H and O–H groups in total. The molecule has 34 heavy (non-hydrogen) atoms. The summed E-state index contributed by atoms with van der Waals surface area (Å²) in [4.78, 5) is 4.78. The van der Waals surface area contributed by atoms with Crippen LogP contribution in [0.3, 0.4) is 0 Å². The van der Waals surface area contributed by atoms with Crippen LogP contribution in [0.4, 0.5) is 0 Å². The van der Waals surface area contributed by atoms with Crippen LogP contribution in [0, 0.1) is 6.92 Å². The van der Waals surface area contributed by atoms with E-state index in [1.165, 1.54) is 4.41 Å². The van der Waals surface area contributed by atoms with Crippen LogP contribution < -0.4 is 10.2 Å². The Kier molecular flexibility index (Phi) is 5.77. The number of para-hydroxylation sites is 1. The summed E-state index contributed by atoms with van der Waals surface area (Å²) >= 11 is 6.64. The number of ether oxygens (including phenoxy) is 1. The Morgan fingerprint density at radius 3 is 2.44 bits per heavy atom. The number of rotatable bonds is 5. The Labute approximate surface area is 203 Å². The van der Waals surface area contributed by atoms with Crippen molar-refractivity contribution in [1.29, 1.82) is 0 Å². The van der Waals surface area contributed by atoms with Crippen molar-refractivity contribution in [2.45, 2.75) is 17.9 Å². The average Bonchev–Trinajstić information content (AvgIpc) is 3.31. The second-order valence-corrected chi connectivity index (χ2v) is 10.2. The van der Waals surface area contributed by atoms with Crippen LogP contribution in [-0.4, -0.2) is 24.9 Å². The Morgan fingerprint density at radius 1 is 1.00 bits per heavy atom. The number of nitrogens with one attached hydrogen (secondary N) is 1. The van der Waals surface area contributed by atoms with Gasteiger partial charge in [-0.2, -0.15) is 0 Å². The smallest absolute Gasteiger partial charge is 0.260 e. The Morgan fingerprint density at radius 2 is 1.74 bits per heavy atom. The summed E-state index contributed by atoms with van der Waals surface area (Å²) in [5.41, 5.74) is 6.94. The van der Waals surface area contributed by atoms with Gasteiger partial charge in [0.15, 0.2) is 0 Å². The summed E-state index contributed by atoms with van der Waals surface area (Å²) in [6.07, 6.45) is 1.85. The number of fused-ring (bicyclic) bond motifs is 1. The van der Waals surface area contributed by atoms with Crippen molar-refractivity contribution in [3.05, 3.63) is 107 Å². The largest absolute Gasteiger partial charge is 0.497 e. The number of pyridine rings is 1. The van der Waals surface area contributed by atoms with Gasteiger partial charge >= 0.3 is 0 Å². The molecule has 0 saturated carbocycles. The minimum atomic E-state index is -3.91. The van der Waals surface area contributed by atoms with Gasteiger partial charge in [0.25, 0.3) is 10.0 Å². The van der Waals surface area contributed by atoms with Crippen LogP contribution in [0.2, 0.25) is 5.15 Å². The standard InChI is InChI=1S/C26H22ClN3O3S/c1-17-7-6-8-19-15-22(26(27)28-25(17)19)24-16-23(18-11-13-20(33-2)14-12-18)29-30(24)34(31,32)21-9-4-3-5-10-21/h3-16,24,29H,1-2H3/t24-/m0/s1. The van der Waals surface area contributed by atoms with Crippen molar-refractivity contribution in [2.75, 3.05) is 7.11 Å². The van der Waals surface area contributed by atoms with Gasteiger partial charge in [-0.15, -0.1) is 4.41 Å². The number of sulfonamides is 1. The maximum Gasteiger partial charge on any atom is 0.260 e.